The highest BCUT2D eigenvalue weighted by Crippen LogP contribution is 2.48. The second kappa shape index (κ2) is 5.94. The molecule has 2 aliphatic carbocycles. The Labute approximate surface area is 125 Å². The average molecular weight is 279 g/mol. The Hall–Kier alpha value is -0.120. The summed E-state index contributed by atoms with van der Waals surface area (Å²) in [5.74, 6) is 3.14. The first-order valence-electron chi connectivity index (χ1n) is 8.69. The Kier molecular flexibility index (Phi) is 4.40. The highest BCUT2D eigenvalue weighted by Gasteiger charge is 2.40. The van der Waals surface area contributed by atoms with E-state index in [9.17, 15) is 0 Å². The minimum absolute atomic E-state index is 0.314. The van der Waals surface area contributed by atoms with Crippen LogP contribution in [0.3, 0.4) is 0 Å². The fourth-order valence-electron chi connectivity index (χ4n) is 5.10. The maximum absolute atomic E-state index is 3.46. The molecule has 0 aromatic rings. The van der Waals surface area contributed by atoms with E-state index in [1.54, 1.807) is 6.42 Å². The van der Waals surface area contributed by atoms with Gasteiger partial charge >= 0.3 is 0 Å². The predicted molar refractivity (Wildman–Crippen MR) is 85.0 cm³/mol. The fraction of sp³-hybridized carbons (Fsp3) is 1.00. The SMILES string of the molecule is CN(CC1CC2CCC1C2)CC(C)(C)N1CCNCC1. The van der Waals surface area contributed by atoms with Crippen LogP contribution in [0.4, 0.5) is 0 Å². The number of likely N-dealkylation sites (N-methyl/N-ethyl adjacent to an activating group) is 1. The molecule has 20 heavy (non-hydrogen) atoms. The fourth-order valence-corrected chi connectivity index (χ4v) is 5.10. The summed E-state index contributed by atoms with van der Waals surface area (Å²) in [6.45, 7) is 12.1. The number of hydrogen-bond donors (Lipinski definition) is 1. The maximum Gasteiger partial charge on any atom is 0.0281 e. The van der Waals surface area contributed by atoms with Crippen LogP contribution >= 0.6 is 0 Å². The van der Waals surface area contributed by atoms with E-state index in [0.29, 0.717) is 5.54 Å². The second-order valence-corrected chi connectivity index (χ2v) is 8.18. The Morgan fingerprint density at radius 3 is 2.50 bits per heavy atom. The van der Waals surface area contributed by atoms with Crippen molar-refractivity contribution in [2.45, 2.75) is 45.1 Å². The van der Waals surface area contributed by atoms with Gasteiger partial charge in [-0.3, -0.25) is 4.90 Å². The van der Waals surface area contributed by atoms with Gasteiger partial charge in [0.2, 0.25) is 0 Å². The molecule has 0 radical (unpaired) electrons. The number of nitrogens with one attached hydrogen (secondary N) is 1. The monoisotopic (exact) mass is 279 g/mol. The topological polar surface area (TPSA) is 18.5 Å². The van der Waals surface area contributed by atoms with E-state index < -0.39 is 0 Å². The Bertz CT molecular complexity index is 322. The van der Waals surface area contributed by atoms with Crippen LogP contribution in [0.1, 0.15) is 39.5 Å². The van der Waals surface area contributed by atoms with Crippen LogP contribution in [-0.2, 0) is 0 Å². The summed E-state index contributed by atoms with van der Waals surface area (Å²) in [7, 11) is 2.34. The molecule has 0 amide bonds. The molecule has 1 heterocycles. The van der Waals surface area contributed by atoms with Crippen molar-refractivity contribution in [1.82, 2.24) is 15.1 Å². The Morgan fingerprint density at radius 2 is 1.90 bits per heavy atom. The van der Waals surface area contributed by atoms with E-state index in [-0.39, 0.29) is 0 Å². The summed E-state index contributed by atoms with van der Waals surface area (Å²) in [4.78, 5) is 5.29. The average Bonchev–Trinajstić information content (AvgIpc) is 3.01. The van der Waals surface area contributed by atoms with Crippen LogP contribution in [0.5, 0.6) is 0 Å². The minimum Gasteiger partial charge on any atom is -0.314 e. The molecule has 3 nitrogen and oxygen atoms in total. The smallest absolute Gasteiger partial charge is 0.0281 e. The van der Waals surface area contributed by atoms with Gasteiger partial charge in [0.15, 0.2) is 0 Å². The normalized spacial score (nSPS) is 35.1. The minimum atomic E-state index is 0.314. The summed E-state index contributed by atoms with van der Waals surface area (Å²) >= 11 is 0. The van der Waals surface area contributed by atoms with Crippen molar-refractivity contribution in [3.05, 3.63) is 0 Å². The molecule has 3 aliphatic rings. The van der Waals surface area contributed by atoms with Gasteiger partial charge in [0.1, 0.15) is 0 Å². The first kappa shape index (κ1) is 14.8. The molecular weight excluding hydrogens is 246 g/mol. The van der Waals surface area contributed by atoms with Gasteiger partial charge in [-0.25, -0.2) is 0 Å². The molecule has 0 aromatic carbocycles. The van der Waals surface area contributed by atoms with Crippen LogP contribution in [0.15, 0.2) is 0 Å². The van der Waals surface area contributed by atoms with Crippen molar-refractivity contribution >= 4 is 0 Å². The molecule has 3 atom stereocenters. The number of hydrogen-bond acceptors (Lipinski definition) is 3. The van der Waals surface area contributed by atoms with E-state index >= 15 is 0 Å². The first-order valence-corrected chi connectivity index (χ1v) is 8.69. The highest BCUT2D eigenvalue weighted by molar-refractivity contribution is 4.92. The zero-order valence-electron chi connectivity index (χ0n) is 13.7. The largest absolute Gasteiger partial charge is 0.314 e. The second-order valence-electron chi connectivity index (χ2n) is 8.18. The molecule has 1 aliphatic heterocycles. The van der Waals surface area contributed by atoms with Gasteiger partial charge in [0.25, 0.3) is 0 Å². The van der Waals surface area contributed by atoms with Crippen molar-refractivity contribution in [2.75, 3.05) is 46.3 Å². The lowest BCUT2D eigenvalue weighted by molar-refractivity contribution is 0.0633. The lowest BCUT2D eigenvalue weighted by Crippen LogP contribution is -2.57. The van der Waals surface area contributed by atoms with Crippen molar-refractivity contribution in [3.8, 4) is 0 Å². The van der Waals surface area contributed by atoms with E-state index in [1.807, 2.05) is 0 Å². The van der Waals surface area contributed by atoms with Crippen LogP contribution in [0.25, 0.3) is 0 Å². The quantitative estimate of drug-likeness (QED) is 0.831. The molecule has 2 saturated carbocycles. The number of piperazine rings is 1. The molecule has 1 N–H and O–H groups in total. The van der Waals surface area contributed by atoms with Crippen LogP contribution in [0, 0.1) is 17.8 Å². The molecule has 1 saturated heterocycles. The molecule has 0 aromatic heterocycles. The molecule has 3 fully saturated rings. The molecular formula is C17H33N3. The van der Waals surface area contributed by atoms with E-state index in [1.165, 1.54) is 45.4 Å². The zero-order chi connectivity index (χ0) is 14.2. The molecule has 3 rings (SSSR count). The molecule has 0 spiro atoms. The summed E-state index contributed by atoms with van der Waals surface area (Å²) < 4.78 is 0. The molecule has 116 valence electrons. The van der Waals surface area contributed by atoms with E-state index in [2.05, 4.69) is 36.0 Å². The number of fused-ring (bicyclic) bond motifs is 2. The van der Waals surface area contributed by atoms with Crippen molar-refractivity contribution in [3.63, 3.8) is 0 Å². The van der Waals surface area contributed by atoms with Gasteiger partial charge < -0.3 is 10.2 Å². The van der Waals surface area contributed by atoms with Gasteiger partial charge in [-0.1, -0.05) is 6.42 Å². The molecule has 3 unspecified atom stereocenters. The van der Waals surface area contributed by atoms with Crippen LogP contribution in [0.2, 0.25) is 0 Å². The van der Waals surface area contributed by atoms with Crippen molar-refractivity contribution < 1.29 is 0 Å². The standard InChI is InChI=1S/C17H33N3/c1-17(2,20-8-6-18-7-9-20)13-19(3)12-16-11-14-4-5-15(16)10-14/h14-16,18H,4-13H2,1-3H3. The zero-order valence-corrected chi connectivity index (χ0v) is 13.7. The summed E-state index contributed by atoms with van der Waals surface area (Å²) in [5, 5.41) is 3.46. The van der Waals surface area contributed by atoms with Gasteiger partial charge in [-0.2, -0.15) is 0 Å². The van der Waals surface area contributed by atoms with Gasteiger partial charge in [-0.05, 0) is 57.9 Å². The third kappa shape index (κ3) is 3.20. The van der Waals surface area contributed by atoms with Crippen molar-refractivity contribution in [1.29, 1.82) is 0 Å². The predicted octanol–water partition coefficient (Wildman–Crippen LogP) is 2.04. The molecule has 3 heteroatoms. The lowest BCUT2D eigenvalue weighted by atomic mass is 9.88. The highest BCUT2D eigenvalue weighted by atomic mass is 15.3. The van der Waals surface area contributed by atoms with Crippen LogP contribution < -0.4 is 5.32 Å². The summed E-state index contributed by atoms with van der Waals surface area (Å²) in [5.41, 5.74) is 0.314. The van der Waals surface area contributed by atoms with E-state index in [4.69, 9.17) is 0 Å². The molecule has 2 bridgehead atoms. The Morgan fingerprint density at radius 1 is 1.15 bits per heavy atom. The third-order valence-corrected chi connectivity index (χ3v) is 6.06. The number of rotatable bonds is 5. The van der Waals surface area contributed by atoms with Crippen LogP contribution in [-0.4, -0.2) is 61.7 Å². The lowest BCUT2D eigenvalue weighted by Gasteiger charge is -2.43. The van der Waals surface area contributed by atoms with E-state index in [0.717, 1.165) is 30.8 Å². The van der Waals surface area contributed by atoms with Crippen molar-refractivity contribution in [2.24, 2.45) is 17.8 Å². The van der Waals surface area contributed by atoms with Gasteiger partial charge in [0.05, 0.1) is 0 Å². The number of nitrogens with zero attached hydrogens (tertiary/aromatic N) is 2. The third-order valence-electron chi connectivity index (χ3n) is 6.06. The first-order chi connectivity index (χ1) is 9.54. The van der Waals surface area contributed by atoms with Gasteiger partial charge in [-0.15, -0.1) is 0 Å². The summed E-state index contributed by atoms with van der Waals surface area (Å²) in [6.07, 6.45) is 6.10. The van der Waals surface area contributed by atoms with Gasteiger partial charge in [0, 0.05) is 44.8 Å². The maximum atomic E-state index is 3.46. The Balaban J connectivity index is 1.48. The summed E-state index contributed by atoms with van der Waals surface area (Å²) in [6, 6.07) is 0.